The smallest absolute Gasteiger partial charge is 0.191 e. The first-order valence-corrected chi connectivity index (χ1v) is 15.5. The standard InChI is InChI=1S/C36H36O10/c1-14(2)24-29(41)22(16(4)37)31(43)36(46)32(44)25-30(42)23-18(15(3)34(25,5)33(45)35(24,36)6)12-11-17(26(23)38)13-21-27(39)19-9-7-8-10-20(19)28(21)40/h7-12,14-15,21-22,24-25,33,38,45-46H,13H2,1-6H3/t15-,22?,24?,25?,33-,34+,35+,36+/m1/s1. The lowest BCUT2D eigenvalue weighted by molar-refractivity contribution is -0.240. The maximum atomic E-state index is 14.6. The lowest BCUT2D eigenvalue weighted by Crippen LogP contribution is -2.81. The predicted molar refractivity (Wildman–Crippen MR) is 161 cm³/mol. The number of aliphatic hydroxyl groups excluding tert-OH is 1. The average Bonchev–Trinajstić information content (AvgIpc) is 3.23. The molecule has 8 atom stereocenters. The number of Topliss-reactive ketones (excluding diaryl/α,β-unsaturated/α-hetero) is 7. The van der Waals surface area contributed by atoms with Crippen molar-refractivity contribution in [1.82, 2.24) is 0 Å². The Morgan fingerprint density at radius 2 is 1.46 bits per heavy atom. The molecular formula is C36H36O10. The summed E-state index contributed by atoms with van der Waals surface area (Å²) in [6, 6.07) is 9.43. The molecule has 2 aromatic rings. The summed E-state index contributed by atoms with van der Waals surface area (Å²) in [7, 11) is 0. The summed E-state index contributed by atoms with van der Waals surface area (Å²) < 4.78 is 0. The first-order valence-electron chi connectivity index (χ1n) is 15.5. The van der Waals surface area contributed by atoms with E-state index in [4.69, 9.17) is 0 Å². The predicted octanol–water partition coefficient (Wildman–Crippen LogP) is 2.86. The van der Waals surface area contributed by atoms with Gasteiger partial charge in [-0.1, -0.05) is 71.0 Å². The monoisotopic (exact) mass is 628 g/mol. The summed E-state index contributed by atoms with van der Waals surface area (Å²) >= 11 is 0. The molecule has 2 aromatic carbocycles. The third kappa shape index (κ3) is 3.51. The van der Waals surface area contributed by atoms with Crippen LogP contribution in [0.15, 0.2) is 36.4 Å². The Bertz CT molecular complexity index is 1790. The number of aromatic hydroxyl groups is 1. The van der Waals surface area contributed by atoms with Crippen LogP contribution in [0.3, 0.4) is 0 Å². The first-order chi connectivity index (χ1) is 21.4. The van der Waals surface area contributed by atoms with E-state index in [0.717, 1.165) is 6.92 Å². The maximum Gasteiger partial charge on any atom is 0.191 e. The molecule has 0 bridgehead atoms. The molecule has 3 unspecified atom stereocenters. The van der Waals surface area contributed by atoms with Crippen LogP contribution in [-0.2, 0) is 25.6 Å². The Morgan fingerprint density at radius 1 is 0.891 bits per heavy atom. The molecular weight excluding hydrogens is 592 g/mol. The highest BCUT2D eigenvalue weighted by molar-refractivity contribution is 6.33. The normalized spacial score (nSPS) is 35.6. The molecule has 0 saturated heterocycles. The molecule has 4 aliphatic rings. The van der Waals surface area contributed by atoms with Crippen LogP contribution in [0.5, 0.6) is 5.75 Å². The van der Waals surface area contributed by atoms with E-state index >= 15 is 0 Å². The van der Waals surface area contributed by atoms with Crippen LogP contribution in [0.1, 0.15) is 89.7 Å². The quantitative estimate of drug-likeness (QED) is 0.426. The van der Waals surface area contributed by atoms with E-state index in [1.165, 1.54) is 19.9 Å². The van der Waals surface area contributed by atoms with Gasteiger partial charge in [-0.3, -0.25) is 33.6 Å². The fraction of sp³-hybridized carbons (Fsp3) is 0.472. The number of phenols is 1. The number of hydrogen-bond donors (Lipinski definition) is 3. The molecule has 0 aliphatic heterocycles. The number of aliphatic hydroxyl groups is 2. The second-order valence-electron chi connectivity index (χ2n) is 14.2. The molecule has 2 saturated carbocycles. The van der Waals surface area contributed by atoms with Crippen molar-refractivity contribution < 1.29 is 48.9 Å². The van der Waals surface area contributed by atoms with E-state index in [2.05, 4.69) is 0 Å². The lowest BCUT2D eigenvalue weighted by Gasteiger charge is -2.65. The molecule has 10 heteroatoms. The number of benzene rings is 2. The summed E-state index contributed by atoms with van der Waals surface area (Å²) in [5.41, 5.74) is -6.12. The van der Waals surface area contributed by atoms with E-state index in [9.17, 15) is 48.9 Å². The van der Waals surface area contributed by atoms with Crippen molar-refractivity contribution >= 4 is 40.5 Å². The average molecular weight is 629 g/mol. The topological polar surface area (TPSA) is 180 Å². The van der Waals surface area contributed by atoms with Crippen molar-refractivity contribution in [3.05, 3.63) is 64.2 Å². The molecule has 4 aliphatic carbocycles. The summed E-state index contributed by atoms with van der Waals surface area (Å²) in [5.74, 6) is -14.2. The van der Waals surface area contributed by atoms with Gasteiger partial charge in [0.15, 0.2) is 40.3 Å². The van der Waals surface area contributed by atoms with Crippen LogP contribution >= 0.6 is 0 Å². The van der Waals surface area contributed by atoms with Gasteiger partial charge in [0, 0.05) is 27.9 Å². The van der Waals surface area contributed by atoms with Gasteiger partial charge in [0.25, 0.3) is 0 Å². The van der Waals surface area contributed by atoms with Crippen LogP contribution < -0.4 is 0 Å². The molecule has 0 spiro atoms. The van der Waals surface area contributed by atoms with Gasteiger partial charge in [-0.25, -0.2) is 0 Å². The number of rotatable bonds is 4. The minimum absolute atomic E-state index is 0.116. The highest BCUT2D eigenvalue weighted by Crippen LogP contribution is 2.66. The van der Waals surface area contributed by atoms with Gasteiger partial charge in [-0.2, -0.15) is 0 Å². The Kier molecular flexibility index (Phi) is 6.86. The number of carbonyl (C=O) groups is 7. The molecule has 10 nitrogen and oxygen atoms in total. The third-order valence-corrected chi connectivity index (χ3v) is 11.8. The molecule has 0 aromatic heterocycles. The van der Waals surface area contributed by atoms with Crippen LogP contribution in [0.2, 0.25) is 0 Å². The van der Waals surface area contributed by atoms with Crippen LogP contribution in [0.25, 0.3) is 0 Å². The molecule has 2 fully saturated rings. The van der Waals surface area contributed by atoms with Gasteiger partial charge in [-0.05, 0) is 36.3 Å². The van der Waals surface area contributed by atoms with E-state index in [-0.39, 0.29) is 34.2 Å². The van der Waals surface area contributed by atoms with Crippen LogP contribution in [0.4, 0.5) is 0 Å². The third-order valence-electron chi connectivity index (χ3n) is 11.8. The van der Waals surface area contributed by atoms with Crippen molar-refractivity contribution in [2.45, 2.75) is 65.6 Å². The molecule has 0 radical (unpaired) electrons. The highest BCUT2D eigenvalue weighted by atomic mass is 16.3. The van der Waals surface area contributed by atoms with E-state index in [1.54, 1.807) is 51.1 Å². The van der Waals surface area contributed by atoms with Gasteiger partial charge in [-0.15, -0.1) is 0 Å². The largest absolute Gasteiger partial charge is 0.507 e. The Labute approximate surface area is 265 Å². The number of phenolic OH excluding ortho intramolecular Hbond substituents is 1. The van der Waals surface area contributed by atoms with Gasteiger partial charge in [0.05, 0.1) is 23.5 Å². The molecule has 6 rings (SSSR count). The Hall–Kier alpha value is -4.15. The van der Waals surface area contributed by atoms with Crippen LogP contribution in [0, 0.1) is 40.4 Å². The van der Waals surface area contributed by atoms with Gasteiger partial charge >= 0.3 is 0 Å². The SMILES string of the molecule is CC(=O)C1C(=O)C(C(C)C)[C@@]2(C)[C@H](O)[C@]3(C)C(C(=O)c4c(ccc(CC5C(=O)c6ccccc6C5=O)c4O)[C@H]3C)C(=O)[C@@]2(O)C1=O. The number of carbonyl (C=O) groups excluding carboxylic acids is 7. The zero-order chi connectivity index (χ0) is 34.0. The van der Waals surface area contributed by atoms with Crippen molar-refractivity contribution in [1.29, 1.82) is 0 Å². The molecule has 46 heavy (non-hydrogen) atoms. The van der Waals surface area contributed by atoms with Crippen molar-refractivity contribution in [3.63, 3.8) is 0 Å². The Balaban J connectivity index is 1.50. The maximum absolute atomic E-state index is 14.6. The molecule has 0 amide bonds. The zero-order valence-corrected chi connectivity index (χ0v) is 26.4. The van der Waals surface area contributed by atoms with Crippen molar-refractivity contribution in [2.24, 2.45) is 40.4 Å². The first kappa shape index (κ1) is 31.8. The summed E-state index contributed by atoms with van der Waals surface area (Å²) in [6.07, 6.45) is -1.98. The summed E-state index contributed by atoms with van der Waals surface area (Å²) in [4.78, 5) is 95.4. The number of ketones is 7. The fourth-order valence-corrected chi connectivity index (χ4v) is 9.37. The number of fused-ring (bicyclic) bond motifs is 4. The Morgan fingerprint density at radius 3 is 1.98 bits per heavy atom. The fourth-order valence-electron chi connectivity index (χ4n) is 9.37. The molecule has 240 valence electrons. The summed E-state index contributed by atoms with van der Waals surface area (Å²) in [5, 5.41) is 36.0. The van der Waals surface area contributed by atoms with Crippen molar-refractivity contribution in [2.75, 3.05) is 0 Å². The van der Waals surface area contributed by atoms with Crippen molar-refractivity contribution in [3.8, 4) is 5.75 Å². The zero-order valence-electron chi connectivity index (χ0n) is 26.4. The second-order valence-corrected chi connectivity index (χ2v) is 14.2. The van der Waals surface area contributed by atoms with Gasteiger partial charge in [0.2, 0.25) is 0 Å². The van der Waals surface area contributed by atoms with E-state index in [1.807, 2.05) is 0 Å². The minimum Gasteiger partial charge on any atom is -0.507 e. The highest BCUT2D eigenvalue weighted by Gasteiger charge is 2.80. The van der Waals surface area contributed by atoms with Gasteiger partial charge < -0.3 is 15.3 Å². The minimum atomic E-state index is -3.07. The summed E-state index contributed by atoms with van der Waals surface area (Å²) in [6.45, 7) is 8.73. The van der Waals surface area contributed by atoms with Gasteiger partial charge in [0.1, 0.15) is 17.5 Å². The molecule has 3 N–H and O–H groups in total. The van der Waals surface area contributed by atoms with E-state index < -0.39 is 104 Å². The molecule has 0 heterocycles. The van der Waals surface area contributed by atoms with Crippen LogP contribution in [-0.4, -0.2) is 67.5 Å². The second kappa shape index (κ2) is 9.92. The lowest BCUT2D eigenvalue weighted by atomic mass is 9.37. The van der Waals surface area contributed by atoms with E-state index in [0.29, 0.717) is 0 Å². The number of hydrogen-bond acceptors (Lipinski definition) is 10.